The summed E-state index contributed by atoms with van der Waals surface area (Å²) < 4.78 is 0. The van der Waals surface area contributed by atoms with Gasteiger partial charge in [0.05, 0.1) is 11.3 Å². The topological polar surface area (TPSA) is 70.2 Å². The summed E-state index contributed by atoms with van der Waals surface area (Å²) in [5.41, 5.74) is 1.30. The zero-order valence-corrected chi connectivity index (χ0v) is 8.07. The van der Waals surface area contributed by atoms with Crippen LogP contribution < -0.4 is 0 Å². The minimum atomic E-state index is -0.991. The number of carboxylic acids is 1. The fourth-order valence-corrected chi connectivity index (χ4v) is 1.53. The van der Waals surface area contributed by atoms with Crippen molar-refractivity contribution in [2.24, 2.45) is 0 Å². The third kappa shape index (κ3) is 1.50. The largest absolute Gasteiger partial charge is 0.478 e. The van der Waals surface area contributed by atoms with Crippen molar-refractivity contribution >= 4 is 22.7 Å². The Morgan fingerprint density at radius 3 is 2.67 bits per heavy atom. The van der Waals surface area contributed by atoms with Crippen LogP contribution in [0.2, 0.25) is 0 Å². The molecule has 2 rings (SSSR count). The summed E-state index contributed by atoms with van der Waals surface area (Å²) in [6.07, 6.45) is 0. The van der Waals surface area contributed by atoms with Crippen LogP contribution in [-0.2, 0) is 0 Å². The lowest BCUT2D eigenvalue weighted by atomic mass is 10.1. The Morgan fingerprint density at radius 2 is 2.07 bits per heavy atom. The van der Waals surface area contributed by atoms with Gasteiger partial charge in [-0.2, -0.15) is 0 Å². The maximum absolute atomic E-state index is 11.1. The van der Waals surface area contributed by atoms with Crippen LogP contribution >= 0.6 is 0 Å². The minimum absolute atomic E-state index is 0.109. The maximum Gasteiger partial charge on any atom is 0.336 e. The number of carboxylic acid groups (broad SMARTS) is 1. The average molecular weight is 203 g/mol. The summed E-state index contributed by atoms with van der Waals surface area (Å²) in [7, 11) is 0. The molecule has 76 valence electrons. The number of fused-ring (bicyclic) bond motifs is 1. The highest BCUT2D eigenvalue weighted by molar-refractivity contribution is 6.06. The van der Waals surface area contributed by atoms with Crippen molar-refractivity contribution in [2.75, 3.05) is 0 Å². The number of ketones is 1. The van der Waals surface area contributed by atoms with E-state index in [0.29, 0.717) is 16.6 Å². The Labute approximate surface area is 85.5 Å². The van der Waals surface area contributed by atoms with Gasteiger partial charge in [0.1, 0.15) is 0 Å². The van der Waals surface area contributed by atoms with E-state index in [-0.39, 0.29) is 11.3 Å². The van der Waals surface area contributed by atoms with Crippen molar-refractivity contribution in [3.63, 3.8) is 0 Å². The van der Waals surface area contributed by atoms with Gasteiger partial charge in [-0.15, -0.1) is 0 Å². The van der Waals surface area contributed by atoms with E-state index in [9.17, 15) is 9.59 Å². The molecule has 0 atom stereocenters. The van der Waals surface area contributed by atoms with Gasteiger partial charge in [-0.1, -0.05) is 6.07 Å². The molecule has 0 saturated heterocycles. The number of benzene rings is 1. The Morgan fingerprint density at radius 1 is 1.33 bits per heavy atom. The smallest absolute Gasteiger partial charge is 0.336 e. The van der Waals surface area contributed by atoms with Crippen molar-refractivity contribution in [2.45, 2.75) is 6.92 Å². The number of aromatic nitrogens is 1. The molecule has 2 N–H and O–H groups in total. The molecule has 0 radical (unpaired) electrons. The molecule has 2 aromatic rings. The lowest BCUT2D eigenvalue weighted by Gasteiger charge is -1.94. The first-order chi connectivity index (χ1) is 7.09. The highest BCUT2D eigenvalue weighted by Crippen LogP contribution is 2.20. The van der Waals surface area contributed by atoms with E-state index in [1.165, 1.54) is 13.0 Å². The summed E-state index contributed by atoms with van der Waals surface area (Å²) in [5.74, 6) is -1.10. The lowest BCUT2D eigenvalue weighted by molar-refractivity contribution is 0.0698. The van der Waals surface area contributed by atoms with Crippen LogP contribution in [0.1, 0.15) is 27.8 Å². The number of aromatic carboxylic acids is 1. The van der Waals surface area contributed by atoms with E-state index in [2.05, 4.69) is 4.98 Å². The SMILES string of the molecule is CC(=O)c1cc2c(C(=O)O)cccc2[nH]1. The zero-order chi connectivity index (χ0) is 11.0. The first kappa shape index (κ1) is 9.45. The van der Waals surface area contributed by atoms with Gasteiger partial charge in [-0.3, -0.25) is 4.79 Å². The summed E-state index contributed by atoms with van der Waals surface area (Å²) in [6.45, 7) is 1.44. The van der Waals surface area contributed by atoms with Gasteiger partial charge in [0.15, 0.2) is 5.78 Å². The number of aromatic amines is 1. The standard InChI is InChI=1S/C11H9NO3/c1-6(13)10-5-8-7(11(14)15)3-2-4-9(8)12-10/h2-5,12H,1H3,(H,14,15). The molecule has 0 unspecified atom stereocenters. The van der Waals surface area contributed by atoms with Crippen molar-refractivity contribution in [3.8, 4) is 0 Å². The second-order valence-electron chi connectivity index (χ2n) is 3.31. The highest BCUT2D eigenvalue weighted by Gasteiger charge is 2.11. The number of Topliss-reactive ketones (excluding diaryl/α,β-unsaturated/α-hetero) is 1. The fourth-order valence-electron chi connectivity index (χ4n) is 1.53. The van der Waals surface area contributed by atoms with Gasteiger partial charge in [0.2, 0.25) is 0 Å². The van der Waals surface area contributed by atoms with Gasteiger partial charge >= 0.3 is 5.97 Å². The van der Waals surface area contributed by atoms with Crippen molar-refractivity contribution in [1.29, 1.82) is 0 Å². The van der Waals surface area contributed by atoms with E-state index in [1.54, 1.807) is 18.2 Å². The number of rotatable bonds is 2. The Bertz CT molecular complexity index is 554. The van der Waals surface area contributed by atoms with Crippen LogP contribution in [0.15, 0.2) is 24.3 Å². The molecule has 4 heteroatoms. The molecular formula is C11H9NO3. The van der Waals surface area contributed by atoms with Gasteiger partial charge in [-0.05, 0) is 18.2 Å². The van der Waals surface area contributed by atoms with Crippen LogP contribution in [-0.4, -0.2) is 21.8 Å². The molecular weight excluding hydrogens is 194 g/mol. The van der Waals surface area contributed by atoms with E-state index in [0.717, 1.165) is 0 Å². The lowest BCUT2D eigenvalue weighted by Crippen LogP contribution is -1.95. The van der Waals surface area contributed by atoms with E-state index in [4.69, 9.17) is 5.11 Å². The van der Waals surface area contributed by atoms with Crippen LogP contribution in [0.4, 0.5) is 0 Å². The Hall–Kier alpha value is -2.10. The molecule has 0 aliphatic rings. The predicted octanol–water partition coefficient (Wildman–Crippen LogP) is 2.07. The maximum atomic E-state index is 11.1. The summed E-state index contributed by atoms with van der Waals surface area (Å²) in [4.78, 5) is 24.9. The molecule has 1 aromatic carbocycles. The zero-order valence-electron chi connectivity index (χ0n) is 8.07. The molecule has 0 fully saturated rings. The fraction of sp³-hybridized carbons (Fsp3) is 0.0909. The van der Waals surface area contributed by atoms with Crippen LogP contribution in [0.3, 0.4) is 0 Å². The van der Waals surface area contributed by atoms with Crippen LogP contribution in [0, 0.1) is 0 Å². The first-order valence-corrected chi connectivity index (χ1v) is 4.45. The van der Waals surface area contributed by atoms with Crippen molar-refractivity contribution < 1.29 is 14.7 Å². The number of carbonyl (C=O) groups excluding carboxylic acids is 1. The molecule has 1 heterocycles. The Kier molecular flexibility index (Phi) is 2.04. The summed E-state index contributed by atoms with van der Waals surface area (Å²) in [6, 6.07) is 6.48. The molecule has 0 bridgehead atoms. The molecule has 4 nitrogen and oxygen atoms in total. The predicted molar refractivity (Wildman–Crippen MR) is 55.3 cm³/mol. The third-order valence-electron chi connectivity index (χ3n) is 2.27. The summed E-state index contributed by atoms with van der Waals surface area (Å²) in [5, 5.41) is 9.50. The third-order valence-corrected chi connectivity index (χ3v) is 2.27. The molecule has 15 heavy (non-hydrogen) atoms. The number of hydrogen-bond acceptors (Lipinski definition) is 2. The average Bonchev–Trinajstić information content (AvgIpc) is 2.60. The second-order valence-corrected chi connectivity index (χ2v) is 3.31. The highest BCUT2D eigenvalue weighted by atomic mass is 16.4. The van der Waals surface area contributed by atoms with Gasteiger partial charge in [0, 0.05) is 17.8 Å². The first-order valence-electron chi connectivity index (χ1n) is 4.45. The van der Waals surface area contributed by atoms with E-state index < -0.39 is 5.97 Å². The molecule has 0 aliphatic carbocycles. The van der Waals surface area contributed by atoms with Gasteiger partial charge in [0.25, 0.3) is 0 Å². The molecule has 0 aliphatic heterocycles. The minimum Gasteiger partial charge on any atom is -0.478 e. The quantitative estimate of drug-likeness (QED) is 0.734. The Balaban J connectivity index is 2.75. The number of carbonyl (C=O) groups is 2. The number of nitrogens with one attached hydrogen (secondary N) is 1. The monoisotopic (exact) mass is 203 g/mol. The van der Waals surface area contributed by atoms with Crippen LogP contribution in [0.25, 0.3) is 10.9 Å². The molecule has 0 spiro atoms. The van der Waals surface area contributed by atoms with Crippen molar-refractivity contribution in [1.82, 2.24) is 4.98 Å². The van der Waals surface area contributed by atoms with Crippen molar-refractivity contribution in [3.05, 3.63) is 35.5 Å². The van der Waals surface area contributed by atoms with Gasteiger partial charge < -0.3 is 10.1 Å². The number of H-pyrrole nitrogens is 1. The molecule has 1 aromatic heterocycles. The van der Waals surface area contributed by atoms with E-state index in [1.807, 2.05) is 0 Å². The second kappa shape index (κ2) is 3.24. The molecule has 0 saturated carbocycles. The van der Waals surface area contributed by atoms with Crippen LogP contribution in [0.5, 0.6) is 0 Å². The number of hydrogen-bond donors (Lipinski definition) is 2. The molecule has 0 amide bonds. The normalized spacial score (nSPS) is 10.5. The summed E-state index contributed by atoms with van der Waals surface area (Å²) >= 11 is 0. The van der Waals surface area contributed by atoms with Gasteiger partial charge in [-0.25, -0.2) is 4.79 Å². The van der Waals surface area contributed by atoms with E-state index >= 15 is 0 Å².